The molecule has 21 heavy (non-hydrogen) atoms. The van der Waals surface area contributed by atoms with Crippen LogP contribution in [0.25, 0.3) is 0 Å². The molecule has 1 aliphatic rings. The number of aliphatic hydroxyl groups is 1. The summed E-state index contributed by atoms with van der Waals surface area (Å²) in [5.74, 6) is -2.00. The van der Waals surface area contributed by atoms with Crippen molar-refractivity contribution in [1.82, 2.24) is 4.90 Å². The maximum atomic E-state index is 12.4. The fraction of sp³-hybridized carbons (Fsp3) is 0.385. The van der Waals surface area contributed by atoms with Crippen molar-refractivity contribution in [3.8, 4) is 0 Å². The van der Waals surface area contributed by atoms with Gasteiger partial charge in [0.15, 0.2) is 0 Å². The monoisotopic (exact) mass is 294 g/mol. The molecule has 1 fully saturated rings. The van der Waals surface area contributed by atoms with E-state index in [1.54, 1.807) is 6.92 Å². The minimum Gasteiger partial charge on any atom is -0.480 e. The van der Waals surface area contributed by atoms with Gasteiger partial charge < -0.3 is 15.1 Å². The van der Waals surface area contributed by atoms with Crippen LogP contribution in [0.3, 0.4) is 0 Å². The van der Waals surface area contributed by atoms with Gasteiger partial charge in [0.05, 0.1) is 11.0 Å². The number of aliphatic hydroxyl groups excluding tert-OH is 1. The Bertz CT molecular complexity index is 615. The lowest BCUT2D eigenvalue weighted by molar-refractivity contribution is -0.385. The molecule has 1 aliphatic heterocycles. The third kappa shape index (κ3) is 2.84. The summed E-state index contributed by atoms with van der Waals surface area (Å²) in [6, 6.07) is 2.89. The van der Waals surface area contributed by atoms with Crippen LogP contribution >= 0.6 is 0 Å². The molecule has 0 spiro atoms. The average molecular weight is 294 g/mol. The second kappa shape index (κ2) is 5.49. The number of benzene rings is 1. The number of nitro benzene ring substituents is 1. The van der Waals surface area contributed by atoms with Crippen LogP contribution in [0, 0.1) is 17.0 Å². The Kier molecular flexibility index (Phi) is 3.90. The van der Waals surface area contributed by atoms with E-state index in [1.165, 1.54) is 18.2 Å². The summed E-state index contributed by atoms with van der Waals surface area (Å²) in [7, 11) is 0. The van der Waals surface area contributed by atoms with E-state index in [9.17, 15) is 24.8 Å². The molecule has 112 valence electrons. The summed E-state index contributed by atoms with van der Waals surface area (Å²) >= 11 is 0. The van der Waals surface area contributed by atoms with Crippen molar-refractivity contribution in [2.45, 2.75) is 25.5 Å². The van der Waals surface area contributed by atoms with E-state index >= 15 is 0 Å². The zero-order valence-electron chi connectivity index (χ0n) is 11.2. The van der Waals surface area contributed by atoms with E-state index in [1.807, 2.05) is 0 Å². The molecule has 8 nitrogen and oxygen atoms in total. The van der Waals surface area contributed by atoms with Gasteiger partial charge in [-0.05, 0) is 18.6 Å². The standard InChI is InChI=1S/C13H14N2O6/c1-7-2-3-10(15(20)21)9(4-7)12(17)14-6-8(16)5-11(14)13(18)19/h2-4,8,11,16H,5-6H2,1H3,(H,18,19)/t8-,11+/m1/s1. The van der Waals surface area contributed by atoms with Crippen molar-refractivity contribution in [3.05, 3.63) is 39.4 Å². The van der Waals surface area contributed by atoms with Crippen LogP contribution in [0.15, 0.2) is 18.2 Å². The first-order valence-corrected chi connectivity index (χ1v) is 6.28. The molecule has 1 aromatic carbocycles. The van der Waals surface area contributed by atoms with Crippen LogP contribution in [0.1, 0.15) is 22.3 Å². The summed E-state index contributed by atoms with van der Waals surface area (Å²) in [5, 5.41) is 29.6. The van der Waals surface area contributed by atoms with Crippen molar-refractivity contribution in [2.75, 3.05) is 6.54 Å². The van der Waals surface area contributed by atoms with Gasteiger partial charge in [0.1, 0.15) is 11.6 Å². The van der Waals surface area contributed by atoms with Crippen LogP contribution in [-0.2, 0) is 4.79 Å². The first kappa shape index (κ1) is 14.9. The number of hydrogen-bond acceptors (Lipinski definition) is 5. The Hall–Kier alpha value is -2.48. The summed E-state index contributed by atoms with van der Waals surface area (Å²) < 4.78 is 0. The highest BCUT2D eigenvalue weighted by molar-refractivity contribution is 6.00. The largest absolute Gasteiger partial charge is 0.480 e. The number of rotatable bonds is 3. The number of carbonyl (C=O) groups is 2. The molecule has 0 bridgehead atoms. The van der Waals surface area contributed by atoms with E-state index in [-0.39, 0.29) is 24.2 Å². The van der Waals surface area contributed by atoms with Gasteiger partial charge in [-0.3, -0.25) is 14.9 Å². The topological polar surface area (TPSA) is 121 Å². The predicted octanol–water partition coefficient (Wildman–Crippen LogP) is 0.563. The molecule has 0 radical (unpaired) electrons. The van der Waals surface area contributed by atoms with Gasteiger partial charge in [-0.1, -0.05) is 6.07 Å². The molecule has 1 saturated heterocycles. The molecule has 0 saturated carbocycles. The highest BCUT2D eigenvalue weighted by atomic mass is 16.6. The van der Waals surface area contributed by atoms with Crippen LogP contribution in [0.4, 0.5) is 5.69 Å². The number of aliphatic carboxylic acids is 1. The number of amides is 1. The third-order valence-corrected chi connectivity index (χ3v) is 3.40. The van der Waals surface area contributed by atoms with Gasteiger partial charge in [0, 0.05) is 19.0 Å². The maximum Gasteiger partial charge on any atom is 0.326 e. The molecular weight excluding hydrogens is 280 g/mol. The van der Waals surface area contributed by atoms with Gasteiger partial charge in [-0.15, -0.1) is 0 Å². The van der Waals surface area contributed by atoms with Crippen molar-refractivity contribution in [1.29, 1.82) is 0 Å². The van der Waals surface area contributed by atoms with Gasteiger partial charge >= 0.3 is 5.97 Å². The lowest BCUT2D eigenvalue weighted by Crippen LogP contribution is -2.40. The molecule has 1 aromatic rings. The van der Waals surface area contributed by atoms with Gasteiger partial charge in [-0.25, -0.2) is 4.79 Å². The quantitative estimate of drug-likeness (QED) is 0.620. The number of aryl methyl sites for hydroxylation is 1. The van der Waals surface area contributed by atoms with E-state index in [2.05, 4.69) is 0 Å². The Morgan fingerprint density at radius 3 is 2.67 bits per heavy atom. The van der Waals surface area contributed by atoms with Gasteiger partial charge in [0.25, 0.3) is 11.6 Å². The molecule has 2 atom stereocenters. The fourth-order valence-corrected chi connectivity index (χ4v) is 2.41. The number of nitrogens with zero attached hydrogens (tertiary/aromatic N) is 2. The molecule has 2 rings (SSSR count). The number of hydrogen-bond donors (Lipinski definition) is 2. The highest BCUT2D eigenvalue weighted by Gasteiger charge is 2.40. The lowest BCUT2D eigenvalue weighted by Gasteiger charge is -2.21. The normalized spacial score (nSPS) is 21.3. The number of likely N-dealkylation sites (tertiary alicyclic amines) is 1. The molecule has 0 aliphatic carbocycles. The summed E-state index contributed by atoms with van der Waals surface area (Å²) in [6.45, 7) is 1.52. The predicted molar refractivity (Wildman–Crippen MR) is 70.9 cm³/mol. The van der Waals surface area contributed by atoms with Crippen molar-refractivity contribution in [2.24, 2.45) is 0 Å². The third-order valence-electron chi connectivity index (χ3n) is 3.40. The minimum absolute atomic E-state index is 0.0827. The Labute approximate surface area is 119 Å². The Morgan fingerprint density at radius 1 is 1.43 bits per heavy atom. The first-order valence-electron chi connectivity index (χ1n) is 6.28. The summed E-state index contributed by atoms with van der Waals surface area (Å²) in [5.41, 5.74) is 0.104. The van der Waals surface area contributed by atoms with E-state index in [0.29, 0.717) is 5.56 Å². The second-order valence-electron chi connectivity index (χ2n) is 4.98. The van der Waals surface area contributed by atoms with Crippen LogP contribution in [-0.4, -0.2) is 50.6 Å². The second-order valence-corrected chi connectivity index (χ2v) is 4.98. The zero-order valence-corrected chi connectivity index (χ0v) is 11.2. The number of β-amino-alcohol motifs (C(OH)–C–C–N with tert-alkyl or cyclic N) is 1. The fourth-order valence-electron chi connectivity index (χ4n) is 2.41. The molecule has 0 aromatic heterocycles. The number of carboxylic acids is 1. The maximum absolute atomic E-state index is 12.4. The molecular formula is C13H14N2O6. The molecule has 0 unspecified atom stereocenters. The minimum atomic E-state index is -1.24. The zero-order chi connectivity index (χ0) is 15.7. The number of carbonyl (C=O) groups excluding carboxylic acids is 1. The molecule has 1 heterocycles. The first-order chi connectivity index (χ1) is 9.81. The van der Waals surface area contributed by atoms with Gasteiger partial charge in [0.2, 0.25) is 0 Å². The van der Waals surface area contributed by atoms with Crippen LogP contribution in [0.2, 0.25) is 0 Å². The highest BCUT2D eigenvalue weighted by Crippen LogP contribution is 2.26. The smallest absolute Gasteiger partial charge is 0.326 e. The number of nitro groups is 1. The van der Waals surface area contributed by atoms with Gasteiger partial charge in [-0.2, -0.15) is 0 Å². The van der Waals surface area contributed by atoms with E-state index in [0.717, 1.165) is 4.90 Å². The molecule has 2 N–H and O–H groups in total. The Balaban J connectivity index is 2.42. The van der Waals surface area contributed by atoms with Crippen LogP contribution in [0.5, 0.6) is 0 Å². The summed E-state index contributed by atoms with van der Waals surface area (Å²) in [4.78, 5) is 34.9. The molecule has 8 heteroatoms. The van der Waals surface area contributed by atoms with E-state index < -0.39 is 28.9 Å². The summed E-state index contributed by atoms with van der Waals surface area (Å²) in [6.07, 6.45) is -1.03. The van der Waals surface area contributed by atoms with Crippen molar-refractivity contribution >= 4 is 17.6 Å². The lowest BCUT2D eigenvalue weighted by atomic mass is 10.1. The number of carboxylic acid groups (broad SMARTS) is 1. The van der Waals surface area contributed by atoms with Crippen molar-refractivity contribution < 1.29 is 24.7 Å². The van der Waals surface area contributed by atoms with Crippen LogP contribution < -0.4 is 0 Å². The van der Waals surface area contributed by atoms with E-state index in [4.69, 9.17) is 5.11 Å². The average Bonchev–Trinajstić information content (AvgIpc) is 2.79. The SMILES string of the molecule is Cc1ccc([N+](=O)[O-])c(C(=O)N2C[C@H](O)C[C@H]2C(=O)O)c1. The Morgan fingerprint density at radius 2 is 2.10 bits per heavy atom. The molecule has 1 amide bonds. The van der Waals surface area contributed by atoms with Crippen molar-refractivity contribution in [3.63, 3.8) is 0 Å².